The van der Waals surface area contributed by atoms with E-state index in [0.717, 1.165) is 22.5 Å². The molecule has 0 aliphatic rings. The Labute approximate surface area is 85.4 Å². The molecule has 0 N–H and O–H groups in total. The van der Waals surface area contributed by atoms with Crippen LogP contribution >= 0.6 is 0 Å². The lowest BCUT2D eigenvalue weighted by Gasteiger charge is -2.08. The number of nitrogens with zero attached hydrogens (tertiary/aromatic N) is 2. The Bertz CT molecular complexity index is 308. The van der Waals surface area contributed by atoms with Crippen molar-refractivity contribution in [2.24, 2.45) is 5.92 Å². The first-order valence-electron chi connectivity index (χ1n) is 5.08. The van der Waals surface area contributed by atoms with Gasteiger partial charge in [0.25, 0.3) is 0 Å². The molecule has 1 aromatic heterocycles. The Morgan fingerprint density at radius 3 is 2.43 bits per heavy atom. The molecule has 0 aromatic carbocycles. The van der Waals surface area contributed by atoms with Crippen molar-refractivity contribution in [3.05, 3.63) is 29.0 Å². The van der Waals surface area contributed by atoms with Crippen molar-refractivity contribution in [1.82, 2.24) is 4.98 Å². The van der Waals surface area contributed by atoms with E-state index in [-0.39, 0.29) is 5.92 Å². The Kier molecular flexibility index (Phi) is 3.44. The fraction of sp³-hybridized carbons (Fsp3) is 0.636. The first-order valence-corrected chi connectivity index (χ1v) is 5.08. The van der Waals surface area contributed by atoms with Crippen LogP contribution in [0.2, 0.25) is 0 Å². The predicted octanol–water partition coefficient (Wildman–Crippen LogP) is 2.04. The van der Waals surface area contributed by atoms with Gasteiger partial charge in [0.15, 0.2) is 0 Å². The molecule has 0 spiro atoms. The van der Waals surface area contributed by atoms with E-state index in [2.05, 4.69) is 18.8 Å². The molecule has 0 aliphatic heterocycles. The van der Waals surface area contributed by atoms with Crippen LogP contribution in [-0.2, 0) is 6.42 Å². The second-order valence-corrected chi connectivity index (χ2v) is 4.38. The molecule has 0 radical (unpaired) electrons. The molecule has 3 heteroatoms. The predicted molar refractivity (Wildman–Crippen MR) is 55.8 cm³/mol. The van der Waals surface area contributed by atoms with Gasteiger partial charge in [0.2, 0.25) is 11.9 Å². The monoisotopic (exact) mass is 194 g/mol. The molecule has 0 amide bonds. The van der Waals surface area contributed by atoms with Crippen LogP contribution in [0.1, 0.15) is 45.0 Å². The minimum absolute atomic E-state index is 0.230. The second kappa shape index (κ2) is 4.40. The van der Waals surface area contributed by atoms with Crippen LogP contribution in [0.25, 0.3) is 0 Å². The average Bonchev–Trinajstić information content (AvgIpc) is 2.01. The van der Waals surface area contributed by atoms with Gasteiger partial charge in [-0.2, -0.15) is 4.73 Å². The van der Waals surface area contributed by atoms with Gasteiger partial charge in [0.1, 0.15) is 5.69 Å². The second-order valence-electron chi connectivity index (χ2n) is 4.38. The standard InChI is InChI=1S/C11H18N2O/c1-8(2)5-10-7-13(14)11(6-12-10)9(3)4/h6-9H,5H2,1-4H3. The van der Waals surface area contributed by atoms with Gasteiger partial charge >= 0.3 is 0 Å². The fourth-order valence-corrected chi connectivity index (χ4v) is 1.38. The van der Waals surface area contributed by atoms with Gasteiger partial charge in [-0.1, -0.05) is 27.7 Å². The largest absolute Gasteiger partial charge is 0.618 e. The van der Waals surface area contributed by atoms with Crippen molar-refractivity contribution in [2.75, 3.05) is 0 Å². The Morgan fingerprint density at radius 2 is 2.00 bits per heavy atom. The summed E-state index contributed by atoms with van der Waals surface area (Å²) in [6.07, 6.45) is 4.14. The molecule has 14 heavy (non-hydrogen) atoms. The zero-order valence-corrected chi connectivity index (χ0v) is 9.32. The molecule has 0 saturated heterocycles. The zero-order chi connectivity index (χ0) is 10.7. The highest BCUT2D eigenvalue weighted by Gasteiger charge is 2.12. The SMILES string of the molecule is CC(C)Cc1c[n+]([O-])c(C(C)C)cn1. The highest BCUT2D eigenvalue weighted by molar-refractivity contribution is 5.00. The molecule has 0 bridgehead atoms. The normalized spacial score (nSPS) is 11.3. The Hall–Kier alpha value is -1.12. The van der Waals surface area contributed by atoms with E-state index in [1.807, 2.05) is 13.8 Å². The topological polar surface area (TPSA) is 39.8 Å². The average molecular weight is 194 g/mol. The van der Waals surface area contributed by atoms with E-state index in [1.165, 1.54) is 0 Å². The minimum atomic E-state index is 0.230. The maximum Gasteiger partial charge on any atom is 0.213 e. The van der Waals surface area contributed by atoms with Crippen LogP contribution in [0, 0.1) is 11.1 Å². The summed E-state index contributed by atoms with van der Waals surface area (Å²) in [5.41, 5.74) is 1.61. The van der Waals surface area contributed by atoms with Gasteiger partial charge in [-0.15, -0.1) is 0 Å². The fourth-order valence-electron chi connectivity index (χ4n) is 1.38. The number of rotatable bonds is 3. The quantitative estimate of drug-likeness (QED) is 0.545. The molecule has 0 aliphatic carbocycles. The van der Waals surface area contributed by atoms with Gasteiger partial charge in [-0.25, -0.2) is 4.98 Å². The van der Waals surface area contributed by atoms with Crippen molar-refractivity contribution in [3.63, 3.8) is 0 Å². The molecular weight excluding hydrogens is 176 g/mol. The van der Waals surface area contributed by atoms with Crippen molar-refractivity contribution >= 4 is 0 Å². The van der Waals surface area contributed by atoms with Gasteiger partial charge < -0.3 is 5.21 Å². The highest BCUT2D eigenvalue weighted by atomic mass is 16.5. The van der Waals surface area contributed by atoms with Crippen molar-refractivity contribution < 1.29 is 4.73 Å². The molecule has 1 aromatic rings. The summed E-state index contributed by atoms with van der Waals surface area (Å²) >= 11 is 0. The van der Waals surface area contributed by atoms with Crippen LogP contribution in [0.4, 0.5) is 0 Å². The summed E-state index contributed by atoms with van der Waals surface area (Å²) in [5, 5.41) is 11.5. The van der Waals surface area contributed by atoms with Crippen molar-refractivity contribution in [2.45, 2.75) is 40.0 Å². The van der Waals surface area contributed by atoms with E-state index in [1.54, 1.807) is 12.4 Å². The lowest BCUT2D eigenvalue weighted by Crippen LogP contribution is -2.33. The molecule has 3 nitrogen and oxygen atoms in total. The van der Waals surface area contributed by atoms with Gasteiger partial charge in [-0.3, -0.25) is 0 Å². The van der Waals surface area contributed by atoms with Crippen LogP contribution in [0.3, 0.4) is 0 Å². The number of hydrogen-bond donors (Lipinski definition) is 0. The molecule has 0 unspecified atom stereocenters. The van der Waals surface area contributed by atoms with E-state index in [0.29, 0.717) is 5.92 Å². The summed E-state index contributed by atoms with van der Waals surface area (Å²) in [4.78, 5) is 4.28. The molecule has 1 heterocycles. The van der Waals surface area contributed by atoms with Gasteiger partial charge in [-0.05, 0) is 12.3 Å². The van der Waals surface area contributed by atoms with Crippen LogP contribution in [0.5, 0.6) is 0 Å². The third-order valence-electron chi connectivity index (χ3n) is 2.09. The van der Waals surface area contributed by atoms with Crippen LogP contribution < -0.4 is 4.73 Å². The Morgan fingerprint density at radius 1 is 1.36 bits per heavy atom. The summed E-state index contributed by atoms with van der Waals surface area (Å²) < 4.78 is 0.940. The van der Waals surface area contributed by atoms with Crippen LogP contribution in [-0.4, -0.2) is 4.98 Å². The molecule has 1 rings (SSSR count). The first kappa shape index (κ1) is 11.0. The summed E-state index contributed by atoms with van der Waals surface area (Å²) in [7, 11) is 0. The smallest absolute Gasteiger partial charge is 0.213 e. The number of hydrogen-bond acceptors (Lipinski definition) is 2. The highest BCUT2D eigenvalue weighted by Crippen LogP contribution is 2.09. The third kappa shape index (κ3) is 2.69. The summed E-state index contributed by atoms with van der Waals surface area (Å²) in [6, 6.07) is 0. The van der Waals surface area contributed by atoms with Crippen LogP contribution in [0.15, 0.2) is 12.4 Å². The van der Waals surface area contributed by atoms with Crippen molar-refractivity contribution in [1.29, 1.82) is 0 Å². The lowest BCUT2D eigenvalue weighted by atomic mass is 10.1. The van der Waals surface area contributed by atoms with Crippen molar-refractivity contribution in [3.8, 4) is 0 Å². The summed E-state index contributed by atoms with van der Waals surface area (Å²) in [5.74, 6) is 0.764. The Balaban J connectivity index is 2.89. The zero-order valence-electron chi connectivity index (χ0n) is 9.32. The minimum Gasteiger partial charge on any atom is -0.618 e. The maximum atomic E-state index is 11.5. The molecule has 0 fully saturated rings. The van der Waals surface area contributed by atoms with Gasteiger partial charge in [0.05, 0.1) is 6.20 Å². The van der Waals surface area contributed by atoms with Gasteiger partial charge in [0, 0.05) is 5.92 Å². The third-order valence-corrected chi connectivity index (χ3v) is 2.09. The lowest BCUT2D eigenvalue weighted by molar-refractivity contribution is -0.616. The van der Waals surface area contributed by atoms with E-state index < -0.39 is 0 Å². The maximum absolute atomic E-state index is 11.5. The number of aromatic nitrogens is 2. The first-order chi connectivity index (χ1) is 6.50. The van der Waals surface area contributed by atoms with E-state index in [9.17, 15) is 5.21 Å². The van der Waals surface area contributed by atoms with E-state index in [4.69, 9.17) is 0 Å². The summed E-state index contributed by atoms with van der Waals surface area (Å²) in [6.45, 7) is 8.22. The van der Waals surface area contributed by atoms with E-state index >= 15 is 0 Å². The molecular formula is C11H18N2O. The molecule has 0 atom stereocenters. The molecule has 0 saturated carbocycles. The molecule has 78 valence electrons.